The third-order valence-corrected chi connectivity index (χ3v) is 2.70. The van der Waals surface area contributed by atoms with Gasteiger partial charge >= 0.3 is 0 Å². The van der Waals surface area contributed by atoms with Crippen molar-refractivity contribution in [1.29, 1.82) is 0 Å². The Hall–Kier alpha value is -1.94. The molecule has 0 aliphatic carbocycles. The van der Waals surface area contributed by atoms with Crippen LogP contribution in [-0.2, 0) is 6.54 Å². The average Bonchev–Trinajstić information content (AvgIpc) is 2.82. The maximum absolute atomic E-state index is 11.8. The van der Waals surface area contributed by atoms with E-state index in [1.165, 1.54) is 0 Å². The molecule has 0 saturated heterocycles. The number of benzene rings is 1. The lowest BCUT2D eigenvalue weighted by Crippen LogP contribution is -2.23. The van der Waals surface area contributed by atoms with Crippen LogP contribution in [0.3, 0.4) is 0 Å². The van der Waals surface area contributed by atoms with Crippen LogP contribution in [0.1, 0.15) is 16.1 Å². The van der Waals surface area contributed by atoms with E-state index in [2.05, 4.69) is 5.32 Å². The van der Waals surface area contributed by atoms with E-state index in [1.807, 2.05) is 0 Å². The minimum Gasteiger partial charge on any atom is -0.467 e. The van der Waals surface area contributed by atoms with Crippen LogP contribution in [0.25, 0.3) is 0 Å². The Morgan fingerprint density at radius 3 is 2.88 bits per heavy atom. The highest BCUT2D eigenvalue weighted by atomic mass is 35.5. The minimum absolute atomic E-state index is 0.268. The van der Waals surface area contributed by atoms with Gasteiger partial charge in [0.25, 0.3) is 5.91 Å². The van der Waals surface area contributed by atoms with Crippen molar-refractivity contribution in [3.63, 3.8) is 0 Å². The second-order valence-electron chi connectivity index (χ2n) is 3.47. The van der Waals surface area contributed by atoms with E-state index < -0.39 is 0 Å². The maximum atomic E-state index is 11.8. The highest BCUT2D eigenvalue weighted by Crippen LogP contribution is 2.22. The molecule has 0 fully saturated rings. The predicted octanol–water partition coefficient (Wildman–Crippen LogP) is 2.45. The van der Waals surface area contributed by atoms with Gasteiger partial charge in [-0.3, -0.25) is 4.79 Å². The quantitative estimate of drug-likeness (QED) is 0.822. The largest absolute Gasteiger partial charge is 0.467 e. The van der Waals surface area contributed by atoms with E-state index in [-0.39, 0.29) is 10.9 Å². The average molecular weight is 251 g/mol. The second kappa shape index (κ2) is 4.93. The van der Waals surface area contributed by atoms with Gasteiger partial charge in [-0.25, -0.2) is 0 Å². The SMILES string of the molecule is Nc1cccc(C(=O)NCc2ccco2)c1Cl. The van der Waals surface area contributed by atoms with Gasteiger partial charge < -0.3 is 15.5 Å². The number of hydrogen-bond donors (Lipinski definition) is 2. The number of carbonyl (C=O) groups excluding carboxylic acids is 1. The van der Waals surface area contributed by atoms with E-state index in [9.17, 15) is 4.79 Å². The van der Waals surface area contributed by atoms with E-state index in [4.69, 9.17) is 21.8 Å². The lowest BCUT2D eigenvalue weighted by atomic mass is 10.2. The van der Waals surface area contributed by atoms with Crippen LogP contribution in [0.5, 0.6) is 0 Å². The molecule has 0 aliphatic heterocycles. The van der Waals surface area contributed by atoms with Crippen LogP contribution in [0.15, 0.2) is 41.0 Å². The molecule has 0 atom stereocenters. The third-order valence-electron chi connectivity index (χ3n) is 2.28. The van der Waals surface area contributed by atoms with Crippen molar-refractivity contribution >= 4 is 23.2 Å². The Morgan fingerprint density at radius 2 is 2.18 bits per heavy atom. The first-order chi connectivity index (χ1) is 8.18. The van der Waals surface area contributed by atoms with Gasteiger partial charge in [0.05, 0.1) is 29.1 Å². The Kier molecular flexibility index (Phi) is 3.35. The Bertz CT molecular complexity index is 523. The van der Waals surface area contributed by atoms with Gasteiger partial charge in [-0.15, -0.1) is 0 Å². The number of hydrogen-bond acceptors (Lipinski definition) is 3. The van der Waals surface area contributed by atoms with Crippen molar-refractivity contribution in [2.75, 3.05) is 5.73 Å². The summed E-state index contributed by atoms with van der Waals surface area (Å²) in [6, 6.07) is 8.49. The van der Waals surface area contributed by atoms with Crippen LogP contribution < -0.4 is 11.1 Å². The summed E-state index contributed by atoms with van der Waals surface area (Å²) in [6.45, 7) is 0.316. The molecular weight excluding hydrogens is 240 g/mol. The molecule has 5 heteroatoms. The molecule has 2 rings (SSSR count). The smallest absolute Gasteiger partial charge is 0.253 e. The van der Waals surface area contributed by atoms with Gasteiger partial charge in [0.2, 0.25) is 0 Å². The fourth-order valence-corrected chi connectivity index (χ4v) is 1.61. The fourth-order valence-electron chi connectivity index (χ4n) is 1.40. The van der Waals surface area contributed by atoms with E-state index in [1.54, 1.807) is 36.6 Å². The fraction of sp³-hybridized carbons (Fsp3) is 0.0833. The number of nitrogen functional groups attached to an aromatic ring is 1. The van der Waals surface area contributed by atoms with Crippen LogP contribution in [-0.4, -0.2) is 5.91 Å². The number of amides is 1. The lowest BCUT2D eigenvalue weighted by Gasteiger charge is -2.06. The first-order valence-corrected chi connectivity index (χ1v) is 5.41. The van der Waals surface area contributed by atoms with Crippen LogP contribution >= 0.6 is 11.6 Å². The summed E-state index contributed by atoms with van der Waals surface area (Å²) < 4.78 is 5.10. The number of nitrogens with one attached hydrogen (secondary N) is 1. The van der Waals surface area contributed by atoms with Gasteiger partial charge in [-0.1, -0.05) is 17.7 Å². The summed E-state index contributed by atoms with van der Waals surface area (Å²) in [6.07, 6.45) is 1.55. The zero-order valence-electron chi connectivity index (χ0n) is 8.94. The lowest BCUT2D eigenvalue weighted by molar-refractivity contribution is 0.0948. The number of nitrogens with two attached hydrogens (primary N) is 1. The topological polar surface area (TPSA) is 68.3 Å². The summed E-state index contributed by atoms with van der Waals surface area (Å²) in [5.41, 5.74) is 6.36. The molecule has 0 saturated carbocycles. The number of halogens is 1. The molecule has 0 unspecified atom stereocenters. The molecule has 1 aromatic carbocycles. The van der Waals surface area contributed by atoms with Gasteiger partial charge in [0.15, 0.2) is 0 Å². The molecule has 1 aromatic heterocycles. The number of furan rings is 1. The zero-order chi connectivity index (χ0) is 12.3. The molecule has 0 radical (unpaired) electrons. The van der Waals surface area contributed by atoms with Crippen LogP contribution in [0, 0.1) is 0 Å². The monoisotopic (exact) mass is 250 g/mol. The van der Waals surface area contributed by atoms with Gasteiger partial charge in [0, 0.05) is 0 Å². The molecule has 0 bridgehead atoms. The number of anilines is 1. The summed E-state index contributed by atoms with van der Waals surface area (Å²) in [7, 11) is 0. The minimum atomic E-state index is -0.279. The maximum Gasteiger partial charge on any atom is 0.253 e. The molecule has 1 amide bonds. The number of carbonyl (C=O) groups is 1. The second-order valence-corrected chi connectivity index (χ2v) is 3.85. The van der Waals surface area contributed by atoms with E-state index in [0.717, 1.165) is 0 Å². The first-order valence-electron chi connectivity index (χ1n) is 5.03. The highest BCUT2D eigenvalue weighted by molar-refractivity contribution is 6.36. The zero-order valence-corrected chi connectivity index (χ0v) is 9.70. The van der Waals surface area contributed by atoms with Crippen molar-refractivity contribution in [3.05, 3.63) is 52.9 Å². The molecule has 3 N–H and O–H groups in total. The van der Waals surface area contributed by atoms with Gasteiger partial charge in [0.1, 0.15) is 5.76 Å². The molecule has 17 heavy (non-hydrogen) atoms. The summed E-state index contributed by atoms with van der Waals surface area (Å²) in [4.78, 5) is 11.8. The van der Waals surface area contributed by atoms with E-state index >= 15 is 0 Å². The molecule has 1 heterocycles. The molecule has 88 valence electrons. The normalized spacial score (nSPS) is 10.2. The Morgan fingerprint density at radius 1 is 1.35 bits per heavy atom. The van der Waals surface area contributed by atoms with Crippen molar-refractivity contribution in [3.8, 4) is 0 Å². The summed E-state index contributed by atoms with van der Waals surface area (Å²) >= 11 is 5.94. The molecule has 0 spiro atoms. The van der Waals surface area contributed by atoms with Gasteiger partial charge in [-0.2, -0.15) is 0 Å². The third kappa shape index (κ3) is 2.60. The Balaban J connectivity index is 2.07. The van der Waals surface area contributed by atoms with Crippen molar-refractivity contribution < 1.29 is 9.21 Å². The molecule has 4 nitrogen and oxygen atoms in total. The predicted molar refractivity (Wildman–Crippen MR) is 65.7 cm³/mol. The summed E-state index contributed by atoms with van der Waals surface area (Å²) in [5.74, 6) is 0.400. The van der Waals surface area contributed by atoms with Crippen molar-refractivity contribution in [2.24, 2.45) is 0 Å². The Labute approximate surface area is 103 Å². The van der Waals surface area contributed by atoms with E-state index in [0.29, 0.717) is 23.6 Å². The standard InChI is InChI=1S/C12H11ClN2O2/c13-11-9(4-1-5-10(11)14)12(16)15-7-8-3-2-6-17-8/h1-6H,7,14H2,(H,15,16). The van der Waals surface area contributed by atoms with Gasteiger partial charge in [-0.05, 0) is 24.3 Å². The molecular formula is C12H11ClN2O2. The van der Waals surface area contributed by atoms with Crippen LogP contribution in [0.4, 0.5) is 5.69 Å². The molecule has 2 aromatic rings. The van der Waals surface area contributed by atoms with Crippen molar-refractivity contribution in [1.82, 2.24) is 5.32 Å². The highest BCUT2D eigenvalue weighted by Gasteiger charge is 2.11. The molecule has 0 aliphatic rings. The first kappa shape index (κ1) is 11.5. The van der Waals surface area contributed by atoms with Crippen LogP contribution in [0.2, 0.25) is 5.02 Å². The summed E-state index contributed by atoms with van der Waals surface area (Å²) in [5, 5.41) is 2.96. The van der Waals surface area contributed by atoms with Crippen molar-refractivity contribution in [2.45, 2.75) is 6.54 Å². The number of rotatable bonds is 3.